The lowest BCUT2D eigenvalue weighted by molar-refractivity contribution is -0.149. The molecule has 4 bridgehead atoms. The fourth-order valence-corrected chi connectivity index (χ4v) is 5.17. The van der Waals surface area contributed by atoms with Crippen molar-refractivity contribution in [2.45, 2.75) is 71.6 Å². The molecule has 6 atom stereocenters. The first-order chi connectivity index (χ1) is 12.2. The number of rotatable bonds is 7. The van der Waals surface area contributed by atoms with Crippen molar-refractivity contribution in [3.8, 4) is 0 Å². The highest BCUT2D eigenvalue weighted by Gasteiger charge is 2.40. The van der Waals surface area contributed by atoms with E-state index in [0.29, 0.717) is 18.4 Å². The van der Waals surface area contributed by atoms with E-state index in [1.807, 2.05) is 0 Å². The van der Waals surface area contributed by atoms with Crippen molar-refractivity contribution in [3.05, 3.63) is 24.3 Å². The van der Waals surface area contributed by atoms with Gasteiger partial charge in [0.15, 0.2) is 0 Å². The standard InChI is InChI=1S/C12H18O2.C11H18/c1-2-3-6-14-12(13)11-8-9-4-5-10(11)7-9;1-2-3-4-10-7-9-5-6-11(10)8-9/h4-5,9-11H,2-3,6-8H2,1H3;5-6,9-11H,2-4,7-8H2,1H3. The molecule has 0 aromatic rings. The third-order valence-corrected chi connectivity index (χ3v) is 6.67. The van der Waals surface area contributed by atoms with Crippen LogP contribution in [0.3, 0.4) is 0 Å². The summed E-state index contributed by atoms with van der Waals surface area (Å²) in [4.78, 5) is 11.7. The third kappa shape index (κ3) is 4.77. The molecule has 0 aromatic carbocycles. The predicted molar refractivity (Wildman–Crippen MR) is 103 cm³/mol. The van der Waals surface area contributed by atoms with Crippen LogP contribution in [-0.4, -0.2) is 12.6 Å². The second-order valence-electron chi connectivity index (χ2n) is 8.59. The number of carbonyl (C=O) groups is 1. The van der Waals surface area contributed by atoms with E-state index >= 15 is 0 Å². The van der Waals surface area contributed by atoms with Crippen molar-refractivity contribution in [2.24, 2.45) is 35.5 Å². The number of esters is 1. The Labute approximate surface area is 154 Å². The van der Waals surface area contributed by atoms with E-state index in [-0.39, 0.29) is 11.9 Å². The van der Waals surface area contributed by atoms with Gasteiger partial charge in [0.05, 0.1) is 12.5 Å². The minimum absolute atomic E-state index is 0.0373. The van der Waals surface area contributed by atoms with Gasteiger partial charge in [0.2, 0.25) is 0 Å². The number of unbranched alkanes of at least 4 members (excludes halogenated alkanes) is 2. The van der Waals surface area contributed by atoms with Crippen LogP contribution in [0, 0.1) is 35.5 Å². The number of carbonyl (C=O) groups excluding carboxylic acids is 1. The maximum atomic E-state index is 11.7. The third-order valence-electron chi connectivity index (χ3n) is 6.67. The highest BCUT2D eigenvalue weighted by atomic mass is 16.5. The SMILES string of the molecule is CCCCC1CC2C=CC1C2.CCCCOC(=O)C1CC2C=CC1C2. The summed E-state index contributed by atoms with van der Waals surface area (Å²) in [6, 6.07) is 0. The molecule has 2 nitrogen and oxygen atoms in total. The van der Waals surface area contributed by atoms with Gasteiger partial charge in [-0.1, -0.05) is 57.4 Å². The summed E-state index contributed by atoms with van der Waals surface area (Å²) < 4.78 is 5.25. The Kier molecular flexibility index (Phi) is 6.78. The molecule has 6 unspecified atom stereocenters. The Morgan fingerprint density at radius 3 is 2.08 bits per heavy atom. The molecule has 0 aliphatic heterocycles. The zero-order chi connectivity index (χ0) is 17.6. The second-order valence-corrected chi connectivity index (χ2v) is 8.59. The molecule has 4 aliphatic rings. The summed E-state index contributed by atoms with van der Waals surface area (Å²) in [6.45, 7) is 5.00. The maximum absolute atomic E-state index is 11.7. The van der Waals surface area contributed by atoms with Crippen molar-refractivity contribution in [1.82, 2.24) is 0 Å². The first kappa shape index (κ1) is 18.7. The van der Waals surface area contributed by atoms with Gasteiger partial charge in [0.25, 0.3) is 0 Å². The van der Waals surface area contributed by atoms with Crippen LogP contribution >= 0.6 is 0 Å². The van der Waals surface area contributed by atoms with Crippen LogP contribution in [0.1, 0.15) is 71.6 Å². The van der Waals surface area contributed by atoms with Gasteiger partial charge < -0.3 is 4.74 Å². The lowest BCUT2D eigenvalue weighted by Crippen LogP contribution is -2.21. The zero-order valence-electron chi connectivity index (χ0n) is 16.2. The predicted octanol–water partition coefficient (Wildman–Crippen LogP) is 5.93. The number of fused-ring (bicyclic) bond motifs is 4. The van der Waals surface area contributed by atoms with Crippen molar-refractivity contribution < 1.29 is 9.53 Å². The van der Waals surface area contributed by atoms with E-state index in [4.69, 9.17) is 4.74 Å². The molecule has 0 N–H and O–H groups in total. The summed E-state index contributed by atoms with van der Waals surface area (Å²) in [5.74, 6) is 4.35. The van der Waals surface area contributed by atoms with Crippen molar-refractivity contribution in [3.63, 3.8) is 0 Å². The van der Waals surface area contributed by atoms with Gasteiger partial charge in [-0.15, -0.1) is 0 Å². The highest BCUT2D eigenvalue weighted by molar-refractivity contribution is 5.74. The van der Waals surface area contributed by atoms with E-state index < -0.39 is 0 Å². The van der Waals surface area contributed by atoms with E-state index in [9.17, 15) is 4.79 Å². The molecule has 4 aliphatic carbocycles. The van der Waals surface area contributed by atoms with Crippen LogP contribution in [0.15, 0.2) is 24.3 Å². The average molecular weight is 345 g/mol. The lowest BCUT2D eigenvalue weighted by atomic mass is 9.89. The fraction of sp³-hybridized carbons (Fsp3) is 0.783. The largest absolute Gasteiger partial charge is 0.465 e. The summed E-state index contributed by atoms with van der Waals surface area (Å²) in [5.41, 5.74) is 0. The van der Waals surface area contributed by atoms with Crippen molar-refractivity contribution >= 4 is 5.97 Å². The Morgan fingerprint density at radius 2 is 1.56 bits per heavy atom. The van der Waals surface area contributed by atoms with Gasteiger partial charge in [0.1, 0.15) is 0 Å². The summed E-state index contributed by atoms with van der Waals surface area (Å²) in [6.07, 6.45) is 20.9. The van der Waals surface area contributed by atoms with Gasteiger partial charge in [-0.05, 0) is 68.1 Å². The normalized spacial score (nSPS) is 36.6. The first-order valence-corrected chi connectivity index (χ1v) is 10.7. The molecule has 25 heavy (non-hydrogen) atoms. The summed E-state index contributed by atoms with van der Waals surface area (Å²) >= 11 is 0. The van der Waals surface area contributed by atoms with Crippen LogP contribution < -0.4 is 0 Å². The van der Waals surface area contributed by atoms with E-state index in [0.717, 1.165) is 37.0 Å². The Bertz CT molecular complexity index is 492. The van der Waals surface area contributed by atoms with E-state index in [1.54, 1.807) is 0 Å². The number of hydrogen-bond acceptors (Lipinski definition) is 2. The molecule has 0 heterocycles. The molecule has 0 radical (unpaired) electrons. The molecule has 0 amide bonds. The molecular formula is C23H36O2. The van der Waals surface area contributed by atoms with Crippen LogP contribution in [0.5, 0.6) is 0 Å². The number of allylic oxidation sites excluding steroid dienone is 4. The molecule has 2 fully saturated rings. The summed E-state index contributed by atoms with van der Waals surface area (Å²) in [7, 11) is 0. The Hall–Kier alpha value is -1.05. The van der Waals surface area contributed by atoms with Gasteiger partial charge >= 0.3 is 5.97 Å². The molecule has 0 spiro atoms. The second kappa shape index (κ2) is 9.05. The quantitative estimate of drug-likeness (QED) is 0.325. The minimum atomic E-state index is 0.0373. The molecule has 0 saturated heterocycles. The number of ether oxygens (including phenoxy) is 1. The minimum Gasteiger partial charge on any atom is -0.465 e. The molecule has 140 valence electrons. The van der Waals surface area contributed by atoms with E-state index in [2.05, 4.69) is 38.2 Å². The van der Waals surface area contributed by atoms with E-state index in [1.165, 1.54) is 38.5 Å². The average Bonchev–Trinajstić information content (AvgIpc) is 3.41. The van der Waals surface area contributed by atoms with Crippen LogP contribution in [0.4, 0.5) is 0 Å². The molecule has 2 saturated carbocycles. The summed E-state index contributed by atoms with van der Waals surface area (Å²) in [5, 5.41) is 0. The van der Waals surface area contributed by atoms with Crippen LogP contribution in [0.25, 0.3) is 0 Å². The van der Waals surface area contributed by atoms with Crippen molar-refractivity contribution in [1.29, 1.82) is 0 Å². The molecule has 0 aromatic heterocycles. The van der Waals surface area contributed by atoms with Gasteiger partial charge in [0, 0.05) is 0 Å². The monoisotopic (exact) mass is 344 g/mol. The van der Waals surface area contributed by atoms with Crippen LogP contribution in [0.2, 0.25) is 0 Å². The smallest absolute Gasteiger partial charge is 0.309 e. The topological polar surface area (TPSA) is 26.3 Å². The van der Waals surface area contributed by atoms with Gasteiger partial charge in [-0.25, -0.2) is 0 Å². The molecule has 4 rings (SSSR count). The Morgan fingerprint density at radius 1 is 0.880 bits per heavy atom. The van der Waals surface area contributed by atoms with Crippen molar-refractivity contribution in [2.75, 3.05) is 6.61 Å². The van der Waals surface area contributed by atoms with Crippen LogP contribution in [-0.2, 0) is 9.53 Å². The Balaban J connectivity index is 0.000000150. The number of hydrogen-bond donors (Lipinski definition) is 0. The lowest BCUT2D eigenvalue weighted by Gasteiger charge is -2.16. The maximum Gasteiger partial charge on any atom is 0.309 e. The van der Waals surface area contributed by atoms with Gasteiger partial charge in [-0.3, -0.25) is 4.79 Å². The fourth-order valence-electron chi connectivity index (χ4n) is 5.17. The molecule has 2 heteroatoms. The molecular weight excluding hydrogens is 308 g/mol. The van der Waals surface area contributed by atoms with Gasteiger partial charge in [-0.2, -0.15) is 0 Å². The first-order valence-electron chi connectivity index (χ1n) is 10.7. The highest BCUT2D eigenvalue weighted by Crippen LogP contribution is 2.45. The zero-order valence-corrected chi connectivity index (χ0v) is 16.2.